The van der Waals surface area contributed by atoms with Crippen molar-refractivity contribution >= 4 is 17.6 Å². The van der Waals surface area contributed by atoms with E-state index in [1.807, 2.05) is 27.7 Å². The van der Waals surface area contributed by atoms with Crippen LogP contribution in [-0.2, 0) is 0 Å². The van der Waals surface area contributed by atoms with Crippen LogP contribution in [-0.4, -0.2) is 12.1 Å². The second-order valence-corrected chi connectivity index (χ2v) is 5.45. The molecule has 1 aromatic rings. The maximum absolute atomic E-state index is 13.1. The molecule has 2 unspecified atom stereocenters. The van der Waals surface area contributed by atoms with Gasteiger partial charge in [0.05, 0.1) is 11.1 Å². The summed E-state index contributed by atoms with van der Waals surface area (Å²) in [5.41, 5.74) is 0.763. The third-order valence-electron chi connectivity index (χ3n) is 3.15. The fourth-order valence-electron chi connectivity index (χ4n) is 1.48. The van der Waals surface area contributed by atoms with Crippen LogP contribution in [0.1, 0.15) is 39.3 Å². The van der Waals surface area contributed by atoms with Gasteiger partial charge in [0.2, 0.25) is 0 Å². The molecule has 2 atom stereocenters. The average molecular weight is 287 g/mol. The first-order chi connectivity index (χ1) is 8.81. The van der Waals surface area contributed by atoms with Gasteiger partial charge in [-0.2, -0.15) is 0 Å². The topological polar surface area (TPSA) is 41.1 Å². The Bertz CT molecular complexity index is 451. The Morgan fingerprint density at radius 1 is 1.21 bits per heavy atom. The quantitative estimate of drug-likeness (QED) is 0.866. The minimum absolute atomic E-state index is 0.0575. The fourth-order valence-corrected chi connectivity index (χ4v) is 1.67. The summed E-state index contributed by atoms with van der Waals surface area (Å²) < 4.78 is 13.1. The molecule has 5 heteroatoms. The Balaban J connectivity index is 2.61. The van der Waals surface area contributed by atoms with E-state index in [1.54, 1.807) is 6.07 Å². The highest BCUT2D eigenvalue weighted by Crippen LogP contribution is 2.20. The van der Waals surface area contributed by atoms with Crippen LogP contribution in [0.3, 0.4) is 0 Å². The Hall–Kier alpha value is -1.29. The molecule has 19 heavy (non-hydrogen) atoms. The summed E-state index contributed by atoms with van der Waals surface area (Å²) in [4.78, 5) is 11.8. The van der Waals surface area contributed by atoms with Gasteiger partial charge in [-0.3, -0.25) is 0 Å². The molecular formula is C14H20ClFN2O. The van der Waals surface area contributed by atoms with E-state index < -0.39 is 5.82 Å². The highest BCUT2D eigenvalue weighted by Gasteiger charge is 2.14. The van der Waals surface area contributed by atoms with Gasteiger partial charge in [0.1, 0.15) is 5.82 Å². The van der Waals surface area contributed by atoms with E-state index in [4.69, 9.17) is 11.6 Å². The number of hydrogen-bond donors (Lipinski definition) is 2. The lowest BCUT2D eigenvalue weighted by atomic mass is 10.1. The molecule has 0 aliphatic rings. The molecule has 0 radical (unpaired) electrons. The van der Waals surface area contributed by atoms with Crippen LogP contribution in [0, 0.1) is 11.7 Å². The van der Waals surface area contributed by atoms with E-state index in [9.17, 15) is 9.18 Å². The molecule has 1 aromatic carbocycles. The van der Waals surface area contributed by atoms with Crippen molar-refractivity contribution in [1.29, 1.82) is 0 Å². The number of carbonyl (C=O) groups is 1. The van der Waals surface area contributed by atoms with Crippen molar-refractivity contribution in [2.75, 3.05) is 0 Å². The van der Waals surface area contributed by atoms with Crippen LogP contribution in [0.2, 0.25) is 5.02 Å². The normalized spacial score (nSPS) is 14.1. The molecule has 2 N–H and O–H groups in total. The number of urea groups is 1. The van der Waals surface area contributed by atoms with Crippen molar-refractivity contribution in [3.63, 3.8) is 0 Å². The van der Waals surface area contributed by atoms with Gasteiger partial charge in [0.15, 0.2) is 0 Å². The van der Waals surface area contributed by atoms with Gasteiger partial charge in [-0.15, -0.1) is 0 Å². The van der Waals surface area contributed by atoms with Crippen molar-refractivity contribution in [3.05, 3.63) is 34.6 Å². The zero-order valence-corrected chi connectivity index (χ0v) is 12.4. The lowest BCUT2D eigenvalue weighted by Gasteiger charge is -2.20. The molecular weight excluding hydrogens is 267 g/mol. The van der Waals surface area contributed by atoms with Crippen molar-refractivity contribution in [2.24, 2.45) is 5.92 Å². The molecule has 0 spiro atoms. The van der Waals surface area contributed by atoms with Crippen LogP contribution in [0.25, 0.3) is 0 Å². The van der Waals surface area contributed by atoms with Crippen molar-refractivity contribution in [2.45, 2.75) is 39.8 Å². The summed E-state index contributed by atoms with van der Waals surface area (Å²) in [7, 11) is 0. The van der Waals surface area contributed by atoms with Crippen LogP contribution >= 0.6 is 11.6 Å². The lowest BCUT2D eigenvalue weighted by molar-refractivity contribution is 0.231. The number of amides is 2. The first kappa shape index (κ1) is 15.8. The van der Waals surface area contributed by atoms with Gasteiger partial charge in [-0.1, -0.05) is 31.5 Å². The number of nitrogens with one attached hydrogen (secondary N) is 2. The number of carbonyl (C=O) groups excluding carboxylic acids is 1. The number of benzene rings is 1. The third-order valence-corrected chi connectivity index (χ3v) is 3.44. The highest BCUT2D eigenvalue weighted by molar-refractivity contribution is 6.30. The average Bonchev–Trinajstić information content (AvgIpc) is 2.32. The van der Waals surface area contributed by atoms with Crippen molar-refractivity contribution in [1.82, 2.24) is 10.6 Å². The zero-order valence-electron chi connectivity index (χ0n) is 11.6. The van der Waals surface area contributed by atoms with Crippen molar-refractivity contribution < 1.29 is 9.18 Å². The molecule has 0 bridgehead atoms. The molecule has 2 amide bonds. The van der Waals surface area contributed by atoms with E-state index in [0.717, 1.165) is 5.56 Å². The molecule has 0 aliphatic carbocycles. The summed E-state index contributed by atoms with van der Waals surface area (Å²) in [5.74, 6) is -0.100. The second kappa shape index (κ2) is 6.75. The predicted molar refractivity (Wildman–Crippen MR) is 75.8 cm³/mol. The monoisotopic (exact) mass is 286 g/mol. The molecule has 0 fully saturated rings. The number of halogens is 2. The molecule has 0 saturated carbocycles. The molecule has 0 aromatic heterocycles. The maximum Gasteiger partial charge on any atom is 0.315 e. The Labute approximate surface area is 118 Å². The van der Waals surface area contributed by atoms with E-state index in [-0.39, 0.29) is 23.1 Å². The summed E-state index contributed by atoms with van der Waals surface area (Å²) in [6.07, 6.45) is 0. The number of hydrogen-bond acceptors (Lipinski definition) is 1. The van der Waals surface area contributed by atoms with E-state index in [0.29, 0.717) is 5.92 Å². The van der Waals surface area contributed by atoms with Crippen LogP contribution < -0.4 is 10.6 Å². The Morgan fingerprint density at radius 3 is 2.37 bits per heavy atom. The highest BCUT2D eigenvalue weighted by atomic mass is 35.5. The minimum atomic E-state index is -0.463. The fraction of sp³-hybridized carbons (Fsp3) is 0.500. The molecule has 0 saturated heterocycles. The lowest BCUT2D eigenvalue weighted by Crippen LogP contribution is -2.43. The summed E-state index contributed by atoms with van der Waals surface area (Å²) in [5, 5.41) is 5.70. The van der Waals surface area contributed by atoms with Gasteiger partial charge in [0.25, 0.3) is 0 Å². The van der Waals surface area contributed by atoms with Crippen LogP contribution in [0.4, 0.5) is 9.18 Å². The van der Waals surface area contributed by atoms with Crippen molar-refractivity contribution in [3.8, 4) is 0 Å². The van der Waals surface area contributed by atoms with E-state index >= 15 is 0 Å². The Morgan fingerprint density at radius 2 is 1.84 bits per heavy atom. The van der Waals surface area contributed by atoms with E-state index in [2.05, 4.69) is 10.6 Å². The molecule has 106 valence electrons. The van der Waals surface area contributed by atoms with Gasteiger partial charge in [-0.25, -0.2) is 9.18 Å². The first-order valence-electron chi connectivity index (χ1n) is 6.33. The van der Waals surface area contributed by atoms with Gasteiger partial charge < -0.3 is 10.6 Å². The first-order valence-corrected chi connectivity index (χ1v) is 6.71. The zero-order chi connectivity index (χ0) is 14.6. The SMILES string of the molecule is CC(NC(=O)NC(C)C(C)C)c1ccc(F)c(Cl)c1. The minimum Gasteiger partial charge on any atom is -0.335 e. The van der Waals surface area contributed by atoms with Gasteiger partial charge in [-0.05, 0) is 37.5 Å². The summed E-state index contributed by atoms with van der Waals surface area (Å²) >= 11 is 5.72. The molecule has 0 heterocycles. The third kappa shape index (κ3) is 4.71. The smallest absolute Gasteiger partial charge is 0.315 e. The predicted octanol–water partition coefficient (Wildman–Crippen LogP) is 3.88. The van der Waals surface area contributed by atoms with Crippen LogP contribution in [0.5, 0.6) is 0 Å². The Kier molecular flexibility index (Phi) is 5.60. The standard InChI is InChI=1S/C14H20ClFN2O/c1-8(2)9(3)17-14(19)18-10(4)11-5-6-13(16)12(15)7-11/h5-10H,1-4H3,(H2,17,18,19). The van der Waals surface area contributed by atoms with E-state index in [1.165, 1.54) is 12.1 Å². The molecule has 0 aliphatic heterocycles. The maximum atomic E-state index is 13.1. The molecule has 3 nitrogen and oxygen atoms in total. The largest absolute Gasteiger partial charge is 0.335 e. The number of rotatable bonds is 4. The van der Waals surface area contributed by atoms with Crippen LogP contribution in [0.15, 0.2) is 18.2 Å². The summed E-state index contributed by atoms with van der Waals surface area (Å²) in [6.45, 7) is 7.84. The van der Waals surface area contributed by atoms with Gasteiger partial charge >= 0.3 is 6.03 Å². The van der Waals surface area contributed by atoms with Gasteiger partial charge in [0, 0.05) is 6.04 Å². The summed E-state index contributed by atoms with van der Waals surface area (Å²) in [6, 6.07) is 4.03. The molecule has 1 rings (SSSR count). The second-order valence-electron chi connectivity index (χ2n) is 5.05.